The van der Waals surface area contributed by atoms with Gasteiger partial charge in [-0.1, -0.05) is 12.1 Å². The normalized spacial score (nSPS) is 23.4. The number of amides is 3. The zero-order chi connectivity index (χ0) is 17.4. The molecule has 1 atom stereocenters. The number of nitrogens with zero attached hydrogens (tertiary/aromatic N) is 3. The van der Waals surface area contributed by atoms with Crippen molar-refractivity contribution < 1.29 is 14.4 Å². The Morgan fingerprint density at radius 2 is 1.84 bits per heavy atom. The van der Waals surface area contributed by atoms with Gasteiger partial charge in [0, 0.05) is 31.0 Å². The first-order valence-corrected chi connectivity index (χ1v) is 9.83. The van der Waals surface area contributed by atoms with Gasteiger partial charge in [-0.05, 0) is 30.5 Å². The maximum absolute atomic E-state index is 12.6. The van der Waals surface area contributed by atoms with Crippen LogP contribution in [0.25, 0.3) is 0 Å². The van der Waals surface area contributed by atoms with Gasteiger partial charge in [-0.15, -0.1) is 11.8 Å². The molecule has 132 valence electrons. The predicted octanol–water partition coefficient (Wildman–Crippen LogP) is 1.17. The number of hydrogen-bond donors (Lipinski definition) is 0. The lowest BCUT2D eigenvalue weighted by Crippen LogP contribution is -2.57. The number of rotatable bonds is 3. The van der Waals surface area contributed by atoms with Crippen LogP contribution in [-0.2, 0) is 16.1 Å². The first-order valence-electron chi connectivity index (χ1n) is 8.68. The molecule has 0 aromatic heterocycles. The zero-order valence-corrected chi connectivity index (χ0v) is 14.8. The minimum absolute atomic E-state index is 0.0235. The summed E-state index contributed by atoms with van der Waals surface area (Å²) >= 11 is 1.63. The molecule has 3 saturated heterocycles. The van der Waals surface area contributed by atoms with E-state index in [-0.39, 0.29) is 30.3 Å². The molecule has 3 aliphatic heterocycles. The van der Waals surface area contributed by atoms with Crippen molar-refractivity contribution in [1.82, 2.24) is 14.7 Å². The van der Waals surface area contributed by atoms with E-state index in [2.05, 4.69) is 0 Å². The number of thioether (sulfide) groups is 1. The first kappa shape index (κ1) is 16.4. The summed E-state index contributed by atoms with van der Waals surface area (Å²) in [6, 6.07) is 7.11. The molecule has 0 bridgehead atoms. The summed E-state index contributed by atoms with van der Waals surface area (Å²) in [4.78, 5) is 42.3. The Kier molecular flexibility index (Phi) is 4.41. The summed E-state index contributed by atoms with van der Waals surface area (Å²) in [5.41, 5.74) is 1.63. The van der Waals surface area contributed by atoms with E-state index in [0.29, 0.717) is 23.7 Å². The van der Waals surface area contributed by atoms with Crippen LogP contribution in [0.5, 0.6) is 0 Å². The van der Waals surface area contributed by atoms with E-state index < -0.39 is 0 Å². The Balaban J connectivity index is 1.43. The van der Waals surface area contributed by atoms with Gasteiger partial charge < -0.3 is 14.7 Å². The average molecular weight is 359 g/mol. The highest BCUT2D eigenvalue weighted by molar-refractivity contribution is 7.99. The van der Waals surface area contributed by atoms with E-state index in [0.717, 1.165) is 31.5 Å². The molecule has 0 radical (unpaired) electrons. The molecule has 3 heterocycles. The van der Waals surface area contributed by atoms with E-state index in [1.54, 1.807) is 21.6 Å². The second-order valence-corrected chi connectivity index (χ2v) is 7.77. The number of hydrogen-bond acceptors (Lipinski definition) is 4. The van der Waals surface area contributed by atoms with Crippen LogP contribution in [-0.4, -0.2) is 69.7 Å². The van der Waals surface area contributed by atoms with Crippen LogP contribution in [0.1, 0.15) is 28.8 Å². The molecule has 4 rings (SSSR count). The van der Waals surface area contributed by atoms with Gasteiger partial charge in [0.05, 0.1) is 5.88 Å². The van der Waals surface area contributed by atoms with Crippen molar-refractivity contribution in [2.75, 3.05) is 31.3 Å². The van der Waals surface area contributed by atoms with Crippen molar-refractivity contribution >= 4 is 29.5 Å². The second-order valence-electron chi connectivity index (χ2n) is 6.77. The van der Waals surface area contributed by atoms with Crippen LogP contribution in [0, 0.1) is 0 Å². The Morgan fingerprint density at radius 3 is 2.56 bits per heavy atom. The largest absolute Gasteiger partial charge is 0.339 e. The van der Waals surface area contributed by atoms with E-state index in [9.17, 15) is 14.4 Å². The summed E-state index contributed by atoms with van der Waals surface area (Å²) in [5, 5.41) is 0. The van der Waals surface area contributed by atoms with Gasteiger partial charge in [0.2, 0.25) is 11.8 Å². The monoisotopic (exact) mass is 359 g/mol. The third-order valence-corrected chi connectivity index (χ3v) is 6.11. The smallest absolute Gasteiger partial charge is 0.253 e. The maximum Gasteiger partial charge on any atom is 0.253 e. The van der Waals surface area contributed by atoms with E-state index in [1.165, 1.54) is 0 Å². The number of carbonyl (C=O) groups is 3. The SMILES string of the molecule is O=C(c1ccc(CN2CC(=O)N3CSCC3C2=O)cc1)N1CCCC1. The summed E-state index contributed by atoms with van der Waals surface area (Å²) in [7, 11) is 0. The molecule has 0 aliphatic carbocycles. The van der Waals surface area contributed by atoms with Crippen LogP contribution in [0.2, 0.25) is 0 Å². The van der Waals surface area contributed by atoms with Crippen LogP contribution < -0.4 is 0 Å². The summed E-state index contributed by atoms with van der Waals surface area (Å²) < 4.78 is 0. The number of fused-ring (bicyclic) bond motifs is 1. The highest BCUT2D eigenvalue weighted by Crippen LogP contribution is 2.26. The number of carbonyl (C=O) groups excluding carboxylic acids is 3. The topological polar surface area (TPSA) is 60.9 Å². The molecular weight excluding hydrogens is 338 g/mol. The Labute approximate surface area is 151 Å². The Bertz CT molecular complexity index is 700. The highest BCUT2D eigenvalue weighted by atomic mass is 32.2. The fourth-order valence-corrected chi connectivity index (χ4v) is 4.82. The second kappa shape index (κ2) is 6.71. The van der Waals surface area contributed by atoms with Gasteiger partial charge in [-0.3, -0.25) is 14.4 Å². The standard InChI is InChI=1S/C18H21N3O3S/c22-16-10-20(18(24)15-11-25-12-21(15)16)9-13-3-5-14(6-4-13)17(23)19-7-1-2-8-19/h3-6,15H,1-2,7-12H2. The van der Waals surface area contributed by atoms with Crippen molar-refractivity contribution in [3.63, 3.8) is 0 Å². The maximum atomic E-state index is 12.6. The lowest BCUT2D eigenvalue weighted by molar-refractivity contribution is -0.153. The molecule has 1 aromatic rings. The van der Waals surface area contributed by atoms with Crippen molar-refractivity contribution in [2.24, 2.45) is 0 Å². The van der Waals surface area contributed by atoms with Crippen molar-refractivity contribution in [1.29, 1.82) is 0 Å². The molecule has 1 aromatic carbocycles. The zero-order valence-electron chi connectivity index (χ0n) is 14.0. The summed E-state index contributed by atoms with van der Waals surface area (Å²) in [6.07, 6.45) is 2.15. The van der Waals surface area contributed by atoms with E-state index in [4.69, 9.17) is 0 Å². The predicted molar refractivity (Wildman–Crippen MR) is 95.0 cm³/mol. The molecule has 1 unspecified atom stereocenters. The fourth-order valence-electron chi connectivity index (χ4n) is 3.65. The fraction of sp³-hybridized carbons (Fsp3) is 0.500. The Hall–Kier alpha value is -2.02. The minimum atomic E-state index is -0.303. The third-order valence-electron chi connectivity index (χ3n) is 5.09. The molecule has 0 N–H and O–H groups in total. The van der Waals surface area contributed by atoms with E-state index in [1.807, 2.05) is 29.2 Å². The Morgan fingerprint density at radius 1 is 1.12 bits per heavy atom. The van der Waals surface area contributed by atoms with Gasteiger partial charge in [-0.2, -0.15) is 0 Å². The molecule has 3 aliphatic rings. The first-order chi connectivity index (χ1) is 12.1. The van der Waals surface area contributed by atoms with Gasteiger partial charge in [0.25, 0.3) is 5.91 Å². The number of benzene rings is 1. The lowest BCUT2D eigenvalue weighted by atomic mass is 10.1. The molecule has 3 amide bonds. The number of likely N-dealkylation sites (tertiary alicyclic amines) is 1. The molecule has 3 fully saturated rings. The van der Waals surface area contributed by atoms with Gasteiger partial charge in [0.1, 0.15) is 12.6 Å². The van der Waals surface area contributed by atoms with Crippen LogP contribution in [0.3, 0.4) is 0 Å². The van der Waals surface area contributed by atoms with Crippen molar-refractivity contribution in [2.45, 2.75) is 25.4 Å². The van der Waals surface area contributed by atoms with Crippen LogP contribution in [0.15, 0.2) is 24.3 Å². The van der Waals surface area contributed by atoms with Crippen molar-refractivity contribution in [3.8, 4) is 0 Å². The van der Waals surface area contributed by atoms with Gasteiger partial charge in [-0.25, -0.2) is 0 Å². The average Bonchev–Trinajstić information content (AvgIpc) is 3.31. The van der Waals surface area contributed by atoms with Crippen LogP contribution in [0.4, 0.5) is 0 Å². The molecular formula is C18H21N3O3S. The molecule has 25 heavy (non-hydrogen) atoms. The van der Waals surface area contributed by atoms with Crippen LogP contribution >= 0.6 is 11.8 Å². The third kappa shape index (κ3) is 3.13. The summed E-state index contributed by atoms with van der Waals surface area (Å²) in [5.74, 6) is 1.44. The lowest BCUT2D eigenvalue weighted by Gasteiger charge is -2.35. The quantitative estimate of drug-likeness (QED) is 0.813. The molecule has 7 heteroatoms. The number of piperazine rings is 1. The molecule has 0 saturated carbocycles. The molecule has 0 spiro atoms. The highest BCUT2D eigenvalue weighted by Gasteiger charge is 2.42. The van der Waals surface area contributed by atoms with Gasteiger partial charge >= 0.3 is 0 Å². The van der Waals surface area contributed by atoms with Gasteiger partial charge in [0.15, 0.2) is 0 Å². The summed E-state index contributed by atoms with van der Waals surface area (Å²) in [6.45, 7) is 2.23. The molecule has 6 nitrogen and oxygen atoms in total. The van der Waals surface area contributed by atoms with Crippen molar-refractivity contribution in [3.05, 3.63) is 35.4 Å². The minimum Gasteiger partial charge on any atom is -0.339 e. The van der Waals surface area contributed by atoms with E-state index >= 15 is 0 Å².